The summed E-state index contributed by atoms with van der Waals surface area (Å²) < 4.78 is 0. The van der Waals surface area contributed by atoms with Gasteiger partial charge in [-0.1, -0.05) is 12.1 Å². The molecule has 1 rings (SSSR count). The number of rotatable bonds is 7. The molecule has 2 N–H and O–H groups in total. The first-order chi connectivity index (χ1) is 8.84. The molecular weight excluding hydrogens is 256 g/mol. The normalized spacial score (nSPS) is 16.4. The van der Waals surface area contributed by atoms with Crippen LogP contribution < -0.4 is 5.32 Å². The third-order valence-electron chi connectivity index (χ3n) is 3.06. The SMILES string of the molecule is CSc1ccc(C(C)NCC(C)(O)CN(C)C)cc1. The van der Waals surface area contributed by atoms with Gasteiger partial charge in [-0.05, 0) is 51.9 Å². The lowest BCUT2D eigenvalue weighted by Gasteiger charge is -2.29. The number of nitrogens with one attached hydrogen (secondary N) is 1. The maximum Gasteiger partial charge on any atom is 0.0869 e. The van der Waals surface area contributed by atoms with Crippen molar-refractivity contribution in [3.63, 3.8) is 0 Å². The number of thioether (sulfide) groups is 1. The van der Waals surface area contributed by atoms with Crippen LogP contribution in [0.15, 0.2) is 29.2 Å². The molecular formula is C15H26N2OS. The molecule has 108 valence electrons. The first-order valence-electron chi connectivity index (χ1n) is 6.58. The van der Waals surface area contributed by atoms with E-state index in [9.17, 15) is 5.11 Å². The van der Waals surface area contributed by atoms with E-state index in [1.165, 1.54) is 10.5 Å². The Morgan fingerprint density at radius 1 is 1.32 bits per heavy atom. The second kappa shape index (κ2) is 7.29. The van der Waals surface area contributed by atoms with Crippen molar-refractivity contribution < 1.29 is 5.11 Å². The highest BCUT2D eigenvalue weighted by atomic mass is 32.2. The Bertz CT molecular complexity index is 376. The first kappa shape index (κ1) is 16.5. The molecule has 0 heterocycles. The van der Waals surface area contributed by atoms with E-state index in [1.54, 1.807) is 11.8 Å². The van der Waals surface area contributed by atoms with Gasteiger partial charge in [0.2, 0.25) is 0 Å². The van der Waals surface area contributed by atoms with E-state index in [1.807, 2.05) is 25.9 Å². The standard InChI is InChI=1S/C15H26N2OS/c1-12(13-6-8-14(19-5)9-7-13)16-10-15(2,18)11-17(3)4/h6-9,12,16,18H,10-11H2,1-5H3. The topological polar surface area (TPSA) is 35.5 Å². The highest BCUT2D eigenvalue weighted by Gasteiger charge is 2.21. The fourth-order valence-electron chi connectivity index (χ4n) is 2.12. The summed E-state index contributed by atoms with van der Waals surface area (Å²) in [7, 11) is 3.94. The molecule has 0 saturated heterocycles. The lowest BCUT2D eigenvalue weighted by molar-refractivity contribution is 0.0317. The molecule has 0 aromatic heterocycles. The zero-order valence-corrected chi connectivity index (χ0v) is 13.4. The number of aliphatic hydroxyl groups is 1. The van der Waals surface area contributed by atoms with Crippen LogP contribution >= 0.6 is 11.8 Å². The predicted molar refractivity (Wildman–Crippen MR) is 83.8 cm³/mol. The summed E-state index contributed by atoms with van der Waals surface area (Å²) in [5.41, 5.74) is 0.537. The summed E-state index contributed by atoms with van der Waals surface area (Å²) in [5.74, 6) is 0. The van der Waals surface area contributed by atoms with Gasteiger partial charge in [0, 0.05) is 24.0 Å². The van der Waals surface area contributed by atoms with Crippen molar-refractivity contribution in [2.45, 2.75) is 30.4 Å². The predicted octanol–water partition coefficient (Wildman–Crippen LogP) is 2.37. The van der Waals surface area contributed by atoms with Crippen LogP contribution in [0.1, 0.15) is 25.5 Å². The van der Waals surface area contributed by atoms with Crippen LogP contribution in [0.5, 0.6) is 0 Å². The molecule has 2 atom stereocenters. The zero-order chi connectivity index (χ0) is 14.5. The number of hydrogen-bond donors (Lipinski definition) is 2. The smallest absolute Gasteiger partial charge is 0.0869 e. The average molecular weight is 282 g/mol. The number of benzene rings is 1. The van der Waals surface area contributed by atoms with Crippen LogP contribution in [0.25, 0.3) is 0 Å². The summed E-state index contributed by atoms with van der Waals surface area (Å²) in [6.45, 7) is 5.22. The Morgan fingerprint density at radius 2 is 1.89 bits per heavy atom. The fraction of sp³-hybridized carbons (Fsp3) is 0.600. The van der Waals surface area contributed by atoms with Gasteiger partial charge in [0.1, 0.15) is 0 Å². The molecule has 0 saturated carbocycles. The summed E-state index contributed by atoms with van der Waals surface area (Å²) in [6.07, 6.45) is 2.08. The maximum absolute atomic E-state index is 10.3. The number of likely N-dealkylation sites (N-methyl/N-ethyl adjacent to an activating group) is 1. The largest absolute Gasteiger partial charge is 0.388 e. The van der Waals surface area contributed by atoms with Crippen molar-refractivity contribution >= 4 is 11.8 Å². The molecule has 0 spiro atoms. The zero-order valence-electron chi connectivity index (χ0n) is 12.6. The van der Waals surface area contributed by atoms with Gasteiger partial charge in [-0.3, -0.25) is 0 Å². The summed E-state index contributed by atoms with van der Waals surface area (Å²) in [5, 5.41) is 13.7. The molecule has 0 bridgehead atoms. The van der Waals surface area contributed by atoms with Gasteiger partial charge >= 0.3 is 0 Å². The van der Waals surface area contributed by atoms with Crippen LogP contribution in [-0.4, -0.2) is 49.0 Å². The minimum Gasteiger partial charge on any atom is -0.388 e. The Morgan fingerprint density at radius 3 is 2.37 bits per heavy atom. The van der Waals surface area contributed by atoms with E-state index in [0.717, 1.165) is 0 Å². The van der Waals surface area contributed by atoms with E-state index < -0.39 is 5.60 Å². The van der Waals surface area contributed by atoms with Crippen molar-refractivity contribution in [2.24, 2.45) is 0 Å². The molecule has 1 aromatic carbocycles. The van der Waals surface area contributed by atoms with Crippen LogP contribution in [-0.2, 0) is 0 Å². The molecule has 19 heavy (non-hydrogen) atoms. The highest BCUT2D eigenvalue weighted by Crippen LogP contribution is 2.19. The molecule has 1 aromatic rings. The maximum atomic E-state index is 10.3. The number of hydrogen-bond acceptors (Lipinski definition) is 4. The first-order valence-corrected chi connectivity index (χ1v) is 7.81. The van der Waals surface area contributed by atoms with Gasteiger partial charge in [0.05, 0.1) is 5.60 Å². The molecule has 0 aliphatic heterocycles. The summed E-state index contributed by atoms with van der Waals surface area (Å²) in [4.78, 5) is 3.27. The molecule has 0 aliphatic rings. The Labute approximate surface area is 121 Å². The van der Waals surface area contributed by atoms with Crippen molar-refractivity contribution in [3.05, 3.63) is 29.8 Å². The monoisotopic (exact) mass is 282 g/mol. The van der Waals surface area contributed by atoms with E-state index in [2.05, 4.69) is 42.8 Å². The number of nitrogens with zero attached hydrogens (tertiary/aromatic N) is 1. The highest BCUT2D eigenvalue weighted by molar-refractivity contribution is 7.98. The van der Waals surface area contributed by atoms with Crippen LogP contribution in [0.3, 0.4) is 0 Å². The van der Waals surface area contributed by atoms with Gasteiger partial charge in [-0.2, -0.15) is 0 Å². The summed E-state index contributed by atoms with van der Waals surface area (Å²) in [6, 6.07) is 8.80. The quantitative estimate of drug-likeness (QED) is 0.753. The third-order valence-corrected chi connectivity index (χ3v) is 3.81. The minimum absolute atomic E-state index is 0.240. The lowest BCUT2D eigenvalue weighted by Crippen LogP contribution is -2.46. The second-order valence-electron chi connectivity index (χ2n) is 5.61. The van der Waals surface area contributed by atoms with Crippen LogP contribution in [0.2, 0.25) is 0 Å². The Balaban J connectivity index is 2.52. The molecule has 3 nitrogen and oxygen atoms in total. The molecule has 0 fully saturated rings. The molecule has 0 aliphatic carbocycles. The van der Waals surface area contributed by atoms with E-state index in [-0.39, 0.29) is 6.04 Å². The lowest BCUT2D eigenvalue weighted by atomic mass is 10.0. The van der Waals surface area contributed by atoms with Crippen molar-refractivity contribution in [1.82, 2.24) is 10.2 Å². The van der Waals surface area contributed by atoms with Gasteiger partial charge in [-0.15, -0.1) is 11.8 Å². The van der Waals surface area contributed by atoms with Gasteiger partial charge in [0.25, 0.3) is 0 Å². The van der Waals surface area contributed by atoms with Crippen molar-refractivity contribution in [1.29, 1.82) is 0 Å². The minimum atomic E-state index is -0.711. The summed E-state index contributed by atoms with van der Waals surface area (Å²) >= 11 is 1.75. The van der Waals surface area contributed by atoms with E-state index >= 15 is 0 Å². The van der Waals surface area contributed by atoms with Crippen molar-refractivity contribution in [2.75, 3.05) is 33.4 Å². The van der Waals surface area contributed by atoms with Gasteiger partial charge in [-0.25, -0.2) is 0 Å². The molecule has 0 amide bonds. The van der Waals surface area contributed by atoms with Gasteiger partial charge < -0.3 is 15.3 Å². The molecule has 2 unspecified atom stereocenters. The Hall–Kier alpha value is -0.550. The van der Waals surface area contributed by atoms with Gasteiger partial charge in [0.15, 0.2) is 0 Å². The fourth-order valence-corrected chi connectivity index (χ4v) is 2.53. The molecule has 4 heteroatoms. The van der Waals surface area contributed by atoms with Crippen LogP contribution in [0.4, 0.5) is 0 Å². The third kappa shape index (κ3) is 5.95. The Kier molecular flexibility index (Phi) is 6.33. The van der Waals surface area contributed by atoms with Crippen LogP contribution in [0, 0.1) is 0 Å². The van der Waals surface area contributed by atoms with Crippen molar-refractivity contribution in [3.8, 4) is 0 Å². The van der Waals surface area contributed by atoms with E-state index in [4.69, 9.17) is 0 Å². The average Bonchev–Trinajstić information content (AvgIpc) is 2.34. The second-order valence-corrected chi connectivity index (χ2v) is 6.49. The molecule has 0 radical (unpaired) electrons. The van der Waals surface area contributed by atoms with E-state index in [0.29, 0.717) is 13.1 Å².